The molecule has 3 atom stereocenters. The molecule has 3 rings (SSSR count). The number of hydrogen-bond acceptors (Lipinski definition) is 2. The average Bonchev–Trinajstić information content (AvgIpc) is 3.36. The second-order valence-electron chi connectivity index (χ2n) is 7.08. The van der Waals surface area contributed by atoms with E-state index in [9.17, 15) is 9.59 Å². The molecule has 124 valence electrons. The van der Waals surface area contributed by atoms with Crippen molar-refractivity contribution in [3.63, 3.8) is 0 Å². The second kappa shape index (κ2) is 6.73. The second-order valence-corrected chi connectivity index (χ2v) is 7.08. The molecular formula is C19H25NO3. The van der Waals surface area contributed by atoms with Crippen LogP contribution in [0.2, 0.25) is 0 Å². The fourth-order valence-corrected chi connectivity index (χ4v) is 3.83. The molecule has 0 heterocycles. The molecule has 0 aliphatic heterocycles. The highest BCUT2D eigenvalue weighted by Gasteiger charge is 2.47. The van der Waals surface area contributed by atoms with Crippen molar-refractivity contribution in [3.8, 4) is 0 Å². The minimum atomic E-state index is -0.838. The first-order valence-corrected chi connectivity index (χ1v) is 8.70. The van der Waals surface area contributed by atoms with Crippen LogP contribution in [-0.2, 0) is 9.59 Å². The molecule has 2 saturated carbocycles. The van der Waals surface area contributed by atoms with E-state index in [0.29, 0.717) is 5.92 Å². The molecule has 2 N–H and O–H groups in total. The Bertz CT molecular complexity index is 575. The van der Waals surface area contributed by atoms with Gasteiger partial charge in [0.05, 0.1) is 5.92 Å². The van der Waals surface area contributed by atoms with Crippen molar-refractivity contribution in [2.75, 3.05) is 5.32 Å². The molecule has 2 fully saturated rings. The first kappa shape index (κ1) is 16.0. The molecule has 0 spiro atoms. The average molecular weight is 315 g/mol. The highest BCUT2D eigenvalue weighted by atomic mass is 16.4. The fourth-order valence-electron chi connectivity index (χ4n) is 3.83. The van der Waals surface area contributed by atoms with Gasteiger partial charge in [-0.1, -0.05) is 44.2 Å². The lowest BCUT2D eigenvalue weighted by Gasteiger charge is -2.21. The quantitative estimate of drug-likeness (QED) is 0.862. The van der Waals surface area contributed by atoms with E-state index in [0.717, 1.165) is 23.6 Å². The largest absolute Gasteiger partial charge is 0.481 e. The molecule has 4 heteroatoms. The summed E-state index contributed by atoms with van der Waals surface area (Å²) in [6, 6.07) is 7.15. The van der Waals surface area contributed by atoms with Gasteiger partial charge in [0.15, 0.2) is 0 Å². The Kier molecular flexibility index (Phi) is 4.69. The molecule has 0 bridgehead atoms. The molecule has 2 aliphatic rings. The van der Waals surface area contributed by atoms with Crippen molar-refractivity contribution in [2.24, 2.45) is 17.8 Å². The molecule has 3 unspecified atom stereocenters. The molecule has 4 nitrogen and oxygen atoms in total. The topological polar surface area (TPSA) is 66.4 Å². The first-order valence-electron chi connectivity index (χ1n) is 8.70. The summed E-state index contributed by atoms with van der Waals surface area (Å²) in [5.74, 6) is 0.268. The number of carbonyl (C=O) groups is 2. The van der Waals surface area contributed by atoms with Gasteiger partial charge in [0.25, 0.3) is 0 Å². The maximum absolute atomic E-state index is 12.3. The highest BCUT2D eigenvalue weighted by Crippen LogP contribution is 2.49. The van der Waals surface area contributed by atoms with Crippen LogP contribution in [0.1, 0.15) is 56.9 Å². The number of rotatable bonds is 5. The van der Waals surface area contributed by atoms with Crippen LogP contribution in [0, 0.1) is 17.8 Å². The van der Waals surface area contributed by atoms with Gasteiger partial charge < -0.3 is 10.4 Å². The number of amides is 1. The lowest BCUT2D eigenvalue weighted by atomic mass is 9.85. The maximum atomic E-state index is 12.3. The molecule has 0 saturated heterocycles. The minimum Gasteiger partial charge on any atom is -0.481 e. The van der Waals surface area contributed by atoms with Crippen LogP contribution in [0.4, 0.5) is 5.69 Å². The monoisotopic (exact) mass is 315 g/mol. The van der Waals surface area contributed by atoms with E-state index in [2.05, 4.69) is 5.32 Å². The Morgan fingerprint density at radius 2 is 1.78 bits per heavy atom. The third-order valence-electron chi connectivity index (χ3n) is 5.48. The van der Waals surface area contributed by atoms with E-state index < -0.39 is 11.9 Å². The summed E-state index contributed by atoms with van der Waals surface area (Å²) in [6.45, 7) is 1.66. The van der Waals surface area contributed by atoms with Crippen LogP contribution in [0.3, 0.4) is 0 Å². The summed E-state index contributed by atoms with van der Waals surface area (Å²) in [6.07, 6.45) is 7.59. The molecule has 1 aromatic carbocycles. The third kappa shape index (κ3) is 3.74. The summed E-state index contributed by atoms with van der Waals surface area (Å²) >= 11 is 0. The zero-order chi connectivity index (χ0) is 16.4. The normalized spacial score (nSPS) is 25.6. The van der Waals surface area contributed by atoms with Gasteiger partial charge in [-0.15, -0.1) is 0 Å². The van der Waals surface area contributed by atoms with E-state index >= 15 is 0 Å². The molecule has 1 amide bonds. The predicted octanol–water partition coefficient (Wildman–Crippen LogP) is 4.03. The molecule has 0 aromatic heterocycles. The van der Waals surface area contributed by atoms with Crippen LogP contribution < -0.4 is 5.32 Å². The zero-order valence-electron chi connectivity index (χ0n) is 13.6. The summed E-state index contributed by atoms with van der Waals surface area (Å²) in [4.78, 5) is 23.3. The van der Waals surface area contributed by atoms with E-state index in [-0.39, 0.29) is 11.8 Å². The van der Waals surface area contributed by atoms with Gasteiger partial charge in [-0.05, 0) is 42.9 Å². The number of anilines is 1. The number of hydrogen-bond donors (Lipinski definition) is 2. The summed E-state index contributed by atoms with van der Waals surface area (Å²) in [5, 5.41) is 12.0. The van der Waals surface area contributed by atoms with Crippen molar-refractivity contribution in [1.82, 2.24) is 0 Å². The number of nitrogens with one attached hydrogen (secondary N) is 1. The minimum absolute atomic E-state index is 0.125. The molecule has 2 aliphatic carbocycles. The van der Waals surface area contributed by atoms with Crippen molar-refractivity contribution in [1.29, 1.82) is 0 Å². The molecular weight excluding hydrogens is 290 g/mol. The van der Waals surface area contributed by atoms with Crippen molar-refractivity contribution >= 4 is 17.6 Å². The van der Waals surface area contributed by atoms with Crippen LogP contribution in [-0.4, -0.2) is 17.0 Å². The van der Waals surface area contributed by atoms with Crippen LogP contribution in [0.25, 0.3) is 0 Å². The standard InChI is InChI=1S/C19H25NO3/c1-12(19(22)23)13-7-9-15(10-8-13)20-18(21)17-11-16(17)14-5-3-2-4-6-14/h7-10,12,14,16-17H,2-6,11H2,1H3,(H,20,21)(H,22,23). The van der Waals surface area contributed by atoms with Gasteiger partial charge in [-0.2, -0.15) is 0 Å². The number of carboxylic acid groups (broad SMARTS) is 1. The third-order valence-corrected chi connectivity index (χ3v) is 5.48. The fraction of sp³-hybridized carbons (Fsp3) is 0.579. The summed E-state index contributed by atoms with van der Waals surface area (Å²) < 4.78 is 0. The van der Waals surface area contributed by atoms with E-state index in [4.69, 9.17) is 5.11 Å². The van der Waals surface area contributed by atoms with Crippen LogP contribution in [0.5, 0.6) is 0 Å². The predicted molar refractivity (Wildman–Crippen MR) is 89.3 cm³/mol. The number of carboxylic acids is 1. The number of benzene rings is 1. The van der Waals surface area contributed by atoms with Gasteiger partial charge >= 0.3 is 5.97 Å². The van der Waals surface area contributed by atoms with Gasteiger partial charge in [0.2, 0.25) is 5.91 Å². The first-order chi connectivity index (χ1) is 11.1. The lowest BCUT2D eigenvalue weighted by molar-refractivity contribution is -0.138. The molecule has 23 heavy (non-hydrogen) atoms. The highest BCUT2D eigenvalue weighted by molar-refractivity contribution is 5.94. The Morgan fingerprint density at radius 3 is 2.39 bits per heavy atom. The van der Waals surface area contributed by atoms with E-state index in [1.807, 2.05) is 0 Å². The van der Waals surface area contributed by atoms with Gasteiger partial charge in [0, 0.05) is 11.6 Å². The molecule has 1 aromatic rings. The van der Waals surface area contributed by atoms with Gasteiger partial charge in [0.1, 0.15) is 0 Å². The van der Waals surface area contributed by atoms with Crippen molar-refractivity contribution in [2.45, 2.75) is 51.4 Å². The Morgan fingerprint density at radius 1 is 1.13 bits per heavy atom. The molecule has 0 radical (unpaired) electrons. The van der Waals surface area contributed by atoms with E-state index in [1.54, 1.807) is 31.2 Å². The maximum Gasteiger partial charge on any atom is 0.310 e. The van der Waals surface area contributed by atoms with Crippen LogP contribution in [0.15, 0.2) is 24.3 Å². The van der Waals surface area contributed by atoms with Gasteiger partial charge in [-0.3, -0.25) is 9.59 Å². The lowest BCUT2D eigenvalue weighted by Crippen LogP contribution is -2.18. The Labute approximate surface area is 137 Å². The Hall–Kier alpha value is -1.84. The number of carbonyl (C=O) groups excluding carboxylic acids is 1. The van der Waals surface area contributed by atoms with Gasteiger partial charge in [-0.25, -0.2) is 0 Å². The van der Waals surface area contributed by atoms with E-state index in [1.165, 1.54) is 32.1 Å². The van der Waals surface area contributed by atoms with Crippen molar-refractivity contribution < 1.29 is 14.7 Å². The Balaban J connectivity index is 1.53. The van der Waals surface area contributed by atoms with Crippen LogP contribution >= 0.6 is 0 Å². The smallest absolute Gasteiger partial charge is 0.310 e. The number of aliphatic carboxylic acids is 1. The SMILES string of the molecule is CC(C(=O)O)c1ccc(NC(=O)C2CC2C2CCCCC2)cc1. The zero-order valence-corrected chi connectivity index (χ0v) is 13.6. The van der Waals surface area contributed by atoms with Crippen molar-refractivity contribution in [3.05, 3.63) is 29.8 Å². The summed E-state index contributed by atoms with van der Waals surface area (Å²) in [7, 11) is 0. The summed E-state index contributed by atoms with van der Waals surface area (Å²) in [5.41, 5.74) is 1.51.